The van der Waals surface area contributed by atoms with Crippen LogP contribution in [-0.2, 0) is 4.79 Å². The van der Waals surface area contributed by atoms with E-state index in [-0.39, 0.29) is 5.91 Å². The number of aromatic nitrogens is 1. The fourth-order valence-electron chi connectivity index (χ4n) is 3.20. The Morgan fingerprint density at radius 3 is 2.38 bits per heavy atom. The number of amides is 1. The number of thioether (sulfide) groups is 1. The Bertz CT molecular complexity index is 1120. The van der Waals surface area contributed by atoms with Crippen molar-refractivity contribution in [3.05, 3.63) is 96.6 Å². The Morgan fingerprint density at radius 1 is 0.897 bits per heavy atom. The number of benzene rings is 3. The molecular formula is C25H22N2OS. The van der Waals surface area contributed by atoms with Crippen molar-refractivity contribution < 1.29 is 4.79 Å². The van der Waals surface area contributed by atoms with Gasteiger partial charge in [-0.1, -0.05) is 78.9 Å². The molecule has 144 valence electrons. The van der Waals surface area contributed by atoms with Crippen molar-refractivity contribution >= 4 is 34.6 Å². The second kappa shape index (κ2) is 9.30. The van der Waals surface area contributed by atoms with Gasteiger partial charge >= 0.3 is 0 Å². The van der Waals surface area contributed by atoms with E-state index in [0.29, 0.717) is 6.54 Å². The van der Waals surface area contributed by atoms with Crippen LogP contribution >= 0.6 is 11.8 Å². The molecule has 0 spiro atoms. The van der Waals surface area contributed by atoms with E-state index in [1.165, 1.54) is 15.8 Å². The molecule has 3 aromatic carbocycles. The summed E-state index contributed by atoms with van der Waals surface area (Å²) < 4.78 is 0. The molecule has 0 unspecified atom stereocenters. The summed E-state index contributed by atoms with van der Waals surface area (Å²) >= 11 is 1.76. The van der Waals surface area contributed by atoms with E-state index in [2.05, 4.69) is 52.8 Å². The van der Waals surface area contributed by atoms with E-state index >= 15 is 0 Å². The minimum Gasteiger partial charge on any atom is -0.354 e. The Balaban J connectivity index is 1.41. The van der Waals surface area contributed by atoms with Crippen LogP contribution in [0.4, 0.5) is 0 Å². The summed E-state index contributed by atoms with van der Waals surface area (Å²) in [4.78, 5) is 16.8. The highest BCUT2D eigenvalue weighted by Crippen LogP contribution is 2.37. The Kier molecular flexibility index (Phi) is 6.13. The van der Waals surface area contributed by atoms with Crippen LogP contribution in [0.3, 0.4) is 0 Å². The van der Waals surface area contributed by atoms with Gasteiger partial charge in [0.25, 0.3) is 0 Å². The molecule has 29 heavy (non-hydrogen) atoms. The van der Waals surface area contributed by atoms with Crippen LogP contribution in [0, 0.1) is 0 Å². The first-order valence-corrected chi connectivity index (χ1v) is 10.6. The lowest BCUT2D eigenvalue weighted by atomic mass is 10.1. The van der Waals surface area contributed by atoms with Gasteiger partial charge in [-0.3, -0.25) is 4.79 Å². The summed E-state index contributed by atoms with van der Waals surface area (Å²) in [7, 11) is 0. The van der Waals surface area contributed by atoms with E-state index in [1.54, 1.807) is 17.8 Å². The summed E-state index contributed by atoms with van der Waals surface area (Å²) in [6, 6.07) is 28.5. The fourth-order valence-corrected chi connectivity index (χ4v) is 4.25. The highest BCUT2D eigenvalue weighted by molar-refractivity contribution is 7.99. The fraction of sp³-hybridized carbons (Fsp3) is 0.0800. The molecule has 0 atom stereocenters. The van der Waals surface area contributed by atoms with Crippen molar-refractivity contribution in [1.82, 2.24) is 10.3 Å². The maximum atomic E-state index is 12.1. The zero-order valence-corrected chi connectivity index (χ0v) is 16.8. The van der Waals surface area contributed by atoms with Gasteiger partial charge in [0.05, 0.1) is 5.69 Å². The minimum absolute atomic E-state index is 0.0725. The van der Waals surface area contributed by atoms with Crippen LogP contribution in [0.5, 0.6) is 0 Å². The molecule has 0 fully saturated rings. The van der Waals surface area contributed by atoms with Crippen molar-refractivity contribution in [2.45, 2.75) is 4.90 Å². The number of para-hydroxylation sites is 1. The first-order chi connectivity index (χ1) is 14.3. The molecular weight excluding hydrogens is 376 g/mol. The lowest BCUT2D eigenvalue weighted by Gasteiger charge is -2.06. The first-order valence-electron chi connectivity index (χ1n) is 9.61. The highest BCUT2D eigenvalue weighted by Gasteiger charge is 2.13. The van der Waals surface area contributed by atoms with Crippen molar-refractivity contribution in [2.24, 2.45) is 0 Å². The second-order valence-corrected chi connectivity index (χ2v) is 7.73. The molecule has 1 heterocycles. The van der Waals surface area contributed by atoms with E-state index in [1.807, 2.05) is 48.5 Å². The van der Waals surface area contributed by atoms with Gasteiger partial charge < -0.3 is 10.3 Å². The number of carbonyl (C=O) groups excluding carboxylic acids is 1. The monoisotopic (exact) mass is 398 g/mol. The number of aromatic amines is 1. The van der Waals surface area contributed by atoms with Gasteiger partial charge in [-0.15, -0.1) is 11.8 Å². The molecule has 0 radical (unpaired) electrons. The number of hydrogen-bond donors (Lipinski definition) is 2. The number of hydrogen-bond acceptors (Lipinski definition) is 2. The molecule has 2 N–H and O–H groups in total. The van der Waals surface area contributed by atoms with Crippen LogP contribution in [0.2, 0.25) is 0 Å². The number of nitrogens with one attached hydrogen (secondary N) is 2. The van der Waals surface area contributed by atoms with Gasteiger partial charge in [0.15, 0.2) is 0 Å². The maximum absolute atomic E-state index is 12.1. The zero-order valence-electron chi connectivity index (χ0n) is 16.0. The lowest BCUT2D eigenvalue weighted by Crippen LogP contribution is -2.23. The molecule has 0 saturated heterocycles. The van der Waals surface area contributed by atoms with Gasteiger partial charge in [0.1, 0.15) is 0 Å². The molecule has 0 bridgehead atoms. The number of carbonyl (C=O) groups is 1. The Hall–Kier alpha value is -3.24. The third-order valence-corrected chi connectivity index (χ3v) is 5.72. The van der Waals surface area contributed by atoms with Gasteiger partial charge in [0, 0.05) is 34.2 Å². The second-order valence-electron chi connectivity index (χ2n) is 6.62. The number of rotatable bonds is 7. The maximum Gasteiger partial charge on any atom is 0.244 e. The molecule has 0 aliphatic rings. The third-order valence-electron chi connectivity index (χ3n) is 4.60. The molecule has 0 aliphatic carbocycles. The van der Waals surface area contributed by atoms with Crippen molar-refractivity contribution in [2.75, 3.05) is 12.3 Å². The van der Waals surface area contributed by atoms with Crippen LogP contribution in [0.25, 0.3) is 28.2 Å². The van der Waals surface area contributed by atoms with E-state index < -0.39 is 0 Å². The molecule has 3 nitrogen and oxygen atoms in total. The zero-order chi connectivity index (χ0) is 19.9. The molecule has 0 aliphatic heterocycles. The summed E-state index contributed by atoms with van der Waals surface area (Å²) in [6.07, 6.45) is 3.41. The SMILES string of the molecule is O=C(/C=C/c1ccccc1)NCCSc1c(-c2ccccc2)[nH]c2ccccc12. The van der Waals surface area contributed by atoms with Crippen molar-refractivity contribution in [3.63, 3.8) is 0 Å². The summed E-state index contributed by atoms with van der Waals surface area (Å²) in [6.45, 7) is 0.608. The van der Waals surface area contributed by atoms with Crippen molar-refractivity contribution in [3.8, 4) is 11.3 Å². The Morgan fingerprint density at radius 2 is 1.59 bits per heavy atom. The average Bonchev–Trinajstić information content (AvgIpc) is 3.15. The van der Waals surface area contributed by atoms with Crippen LogP contribution in [0.1, 0.15) is 5.56 Å². The van der Waals surface area contributed by atoms with Crippen molar-refractivity contribution in [1.29, 1.82) is 0 Å². The van der Waals surface area contributed by atoms with Gasteiger partial charge in [-0.25, -0.2) is 0 Å². The Labute approximate surface area is 174 Å². The molecule has 1 amide bonds. The van der Waals surface area contributed by atoms with Gasteiger partial charge in [-0.05, 0) is 23.3 Å². The van der Waals surface area contributed by atoms with Gasteiger partial charge in [0.2, 0.25) is 5.91 Å². The summed E-state index contributed by atoms with van der Waals surface area (Å²) in [5.41, 5.74) is 4.44. The van der Waals surface area contributed by atoms with Crippen LogP contribution < -0.4 is 5.32 Å². The minimum atomic E-state index is -0.0725. The number of fused-ring (bicyclic) bond motifs is 1. The quantitative estimate of drug-likeness (QED) is 0.236. The number of H-pyrrole nitrogens is 1. The largest absolute Gasteiger partial charge is 0.354 e. The topological polar surface area (TPSA) is 44.9 Å². The average molecular weight is 399 g/mol. The molecule has 1 aromatic heterocycles. The third kappa shape index (κ3) is 4.79. The normalized spacial score (nSPS) is 11.2. The summed E-state index contributed by atoms with van der Waals surface area (Å²) in [5, 5.41) is 4.18. The molecule has 0 saturated carbocycles. The van der Waals surface area contributed by atoms with E-state index in [4.69, 9.17) is 0 Å². The lowest BCUT2D eigenvalue weighted by molar-refractivity contribution is -0.116. The van der Waals surface area contributed by atoms with Gasteiger partial charge in [-0.2, -0.15) is 0 Å². The standard InChI is InChI=1S/C25H22N2OS/c28-23(16-15-19-9-3-1-4-10-19)26-17-18-29-25-21-13-7-8-14-22(21)27-24(25)20-11-5-2-6-12-20/h1-16,27H,17-18H2,(H,26,28)/b16-15+. The smallest absolute Gasteiger partial charge is 0.244 e. The highest BCUT2D eigenvalue weighted by atomic mass is 32.2. The predicted molar refractivity (Wildman–Crippen MR) is 123 cm³/mol. The first kappa shape index (κ1) is 19.1. The summed E-state index contributed by atoms with van der Waals surface area (Å²) in [5.74, 6) is 0.726. The van der Waals surface area contributed by atoms with Crippen LogP contribution in [0.15, 0.2) is 95.9 Å². The van der Waals surface area contributed by atoms with Crippen LogP contribution in [-0.4, -0.2) is 23.2 Å². The van der Waals surface area contributed by atoms with E-state index in [0.717, 1.165) is 22.5 Å². The predicted octanol–water partition coefficient (Wildman–Crippen LogP) is 5.76. The molecule has 4 rings (SSSR count). The molecule has 4 aromatic rings. The van der Waals surface area contributed by atoms with E-state index in [9.17, 15) is 4.79 Å². The molecule has 4 heteroatoms.